The molecule has 10 atom stereocenters. The third-order valence-electron chi connectivity index (χ3n) is 12.3. The van der Waals surface area contributed by atoms with E-state index in [4.69, 9.17) is 0 Å². The van der Waals surface area contributed by atoms with Gasteiger partial charge in [-0.25, -0.2) is 0 Å². The number of fused-ring (bicyclic) bond motifs is 7. The second kappa shape index (κ2) is 6.36. The van der Waals surface area contributed by atoms with Crippen LogP contribution in [0.5, 0.6) is 0 Å². The van der Waals surface area contributed by atoms with Crippen molar-refractivity contribution >= 4 is 0 Å². The second-order valence-corrected chi connectivity index (χ2v) is 13.4. The van der Waals surface area contributed by atoms with Crippen LogP contribution in [0.25, 0.3) is 0 Å². The highest BCUT2D eigenvalue weighted by molar-refractivity contribution is 5.32. The molecule has 0 aromatic rings. The van der Waals surface area contributed by atoms with Crippen LogP contribution in [0, 0.1) is 51.2 Å². The third kappa shape index (κ3) is 2.55. The first kappa shape index (κ1) is 20.6. The van der Waals surface area contributed by atoms with Crippen molar-refractivity contribution in [2.45, 2.75) is 112 Å². The molecule has 0 saturated heterocycles. The predicted octanol–water partition coefficient (Wildman–Crippen LogP) is 7.39. The van der Waals surface area contributed by atoms with Gasteiger partial charge in [-0.2, -0.15) is 0 Å². The van der Waals surface area contributed by atoms with Gasteiger partial charge in [0.05, 0.1) is 6.10 Å². The molecule has 0 heterocycles. The summed E-state index contributed by atoms with van der Waals surface area (Å²) in [6.45, 7) is 15.5. The van der Waals surface area contributed by atoms with Crippen LogP contribution in [0.4, 0.5) is 0 Å². The van der Waals surface area contributed by atoms with Gasteiger partial charge in [0.25, 0.3) is 0 Å². The molecular weight excluding hydrogens is 352 g/mol. The molecule has 1 heteroatoms. The molecule has 0 spiro atoms. The van der Waals surface area contributed by atoms with Crippen LogP contribution in [0.3, 0.4) is 0 Å². The lowest BCUT2D eigenvalue weighted by atomic mass is 9.35. The van der Waals surface area contributed by atoms with E-state index in [9.17, 15) is 5.11 Å². The first-order chi connectivity index (χ1) is 13.6. The molecule has 10 unspecified atom stereocenters. The van der Waals surface area contributed by atoms with Crippen molar-refractivity contribution in [1.29, 1.82) is 0 Å². The Kier molecular flexibility index (Phi) is 4.52. The Morgan fingerprint density at radius 3 is 2.41 bits per heavy atom. The molecule has 29 heavy (non-hydrogen) atoms. The lowest BCUT2D eigenvalue weighted by molar-refractivity contribution is -0.178. The van der Waals surface area contributed by atoms with Gasteiger partial charge in [0.1, 0.15) is 0 Å². The van der Waals surface area contributed by atoms with E-state index in [0.717, 1.165) is 24.2 Å². The fraction of sp³-hybridized carbons (Fsp3) is 0.929. The number of hydrogen-bond donors (Lipinski definition) is 1. The normalized spacial score (nSPS) is 59.6. The Bertz CT molecular complexity index is 709. The Morgan fingerprint density at radius 1 is 0.897 bits per heavy atom. The summed E-state index contributed by atoms with van der Waals surface area (Å²) in [6, 6.07) is 0. The summed E-state index contributed by atoms with van der Waals surface area (Å²) in [7, 11) is 0. The molecule has 4 saturated carbocycles. The van der Waals surface area contributed by atoms with Crippen LogP contribution in [0.1, 0.15) is 106 Å². The van der Waals surface area contributed by atoms with E-state index in [0.29, 0.717) is 33.5 Å². The van der Waals surface area contributed by atoms with Gasteiger partial charge in [-0.1, -0.05) is 59.6 Å². The van der Waals surface area contributed by atoms with Crippen LogP contribution in [0.15, 0.2) is 11.6 Å². The van der Waals surface area contributed by atoms with E-state index in [1.54, 1.807) is 0 Å². The van der Waals surface area contributed by atoms with Crippen LogP contribution in [-0.4, -0.2) is 11.2 Å². The number of rotatable bonds is 0. The van der Waals surface area contributed by atoms with Gasteiger partial charge >= 0.3 is 0 Å². The SMILES string of the molecule is CC1CCC2(C)CCC3(C)C(=CCC4C5(C)CCC(O)C(C)C5CCC43C)C2C1. The van der Waals surface area contributed by atoms with Crippen LogP contribution < -0.4 is 0 Å². The summed E-state index contributed by atoms with van der Waals surface area (Å²) < 4.78 is 0. The van der Waals surface area contributed by atoms with Gasteiger partial charge < -0.3 is 5.11 Å². The topological polar surface area (TPSA) is 20.2 Å². The average molecular weight is 399 g/mol. The van der Waals surface area contributed by atoms with Gasteiger partial charge in [0.2, 0.25) is 0 Å². The quantitative estimate of drug-likeness (QED) is 0.422. The van der Waals surface area contributed by atoms with E-state index in [-0.39, 0.29) is 6.10 Å². The fourth-order valence-corrected chi connectivity index (χ4v) is 10.00. The molecule has 0 radical (unpaired) electrons. The second-order valence-electron chi connectivity index (χ2n) is 13.4. The Balaban J connectivity index is 1.56. The Morgan fingerprint density at radius 2 is 1.66 bits per heavy atom. The predicted molar refractivity (Wildman–Crippen MR) is 121 cm³/mol. The fourth-order valence-electron chi connectivity index (χ4n) is 10.00. The zero-order valence-electron chi connectivity index (χ0n) is 20.1. The molecule has 5 rings (SSSR count). The highest BCUT2D eigenvalue weighted by Crippen LogP contribution is 2.74. The van der Waals surface area contributed by atoms with Crippen molar-refractivity contribution < 1.29 is 5.11 Å². The van der Waals surface area contributed by atoms with Crippen molar-refractivity contribution in [2.24, 2.45) is 51.2 Å². The van der Waals surface area contributed by atoms with E-state index in [2.05, 4.69) is 47.6 Å². The maximum atomic E-state index is 10.6. The highest BCUT2D eigenvalue weighted by atomic mass is 16.3. The first-order valence-corrected chi connectivity index (χ1v) is 12.9. The molecule has 0 aliphatic heterocycles. The van der Waals surface area contributed by atoms with E-state index in [1.807, 2.05) is 5.57 Å². The van der Waals surface area contributed by atoms with Crippen LogP contribution in [-0.2, 0) is 0 Å². The lowest BCUT2D eigenvalue weighted by Crippen LogP contribution is -2.62. The summed E-state index contributed by atoms with van der Waals surface area (Å²) in [5.41, 5.74) is 3.70. The van der Waals surface area contributed by atoms with Gasteiger partial charge in [0.15, 0.2) is 0 Å². The molecular formula is C28H46O. The summed E-state index contributed by atoms with van der Waals surface area (Å²) in [5.74, 6) is 3.72. The molecule has 0 aromatic carbocycles. The number of hydrogen-bond acceptors (Lipinski definition) is 1. The minimum absolute atomic E-state index is 0.0678. The molecule has 1 nitrogen and oxygen atoms in total. The van der Waals surface area contributed by atoms with Gasteiger partial charge in [0, 0.05) is 0 Å². The minimum atomic E-state index is -0.0678. The highest BCUT2D eigenvalue weighted by Gasteiger charge is 2.66. The lowest BCUT2D eigenvalue weighted by Gasteiger charge is -2.70. The monoisotopic (exact) mass is 398 g/mol. The number of aliphatic hydroxyl groups is 1. The van der Waals surface area contributed by atoms with Gasteiger partial charge in [-0.3, -0.25) is 0 Å². The standard InChI is InChI=1S/C28H46O/c1-18-9-12-25(3)15-16-27(5)21(22(25)17-18)7-8-24-26(4)13-11-23(29)19(2)20(26)10-14-28(24,27)6/h7,18-20,22-24,29H,8-17H2,1-6H3. The van der Waals surface area contributed by atoms with Crippen molar-refractivity contribution in [1.82, 2.24) is 0 Å². The van der Waals surface area contributed by atoms with E-state index < -0.39 is 0 Å². The van der Waals surface area contributed by atoms with Crippen LogP contribution in [0.2, 0.25) is 0 Å². The summed E-state index contributed by atoms with van der Waals surface area (Å²) in [6.07, 6.45) is 16.2. The molecule has 1 N–H and O–H groups in total. The maximum Gasteiger partial charge on any atom is 0.0568 e. The number of aliphatic hydroxyl groups excluding tert-OH is 1. The molecule has 5 aliphatic rings. The zero-order chi connectivity index (χ0) is 20.8. The van der Waals surface area contributed by atoms with Crippen molar-refractivity contribution in [3.8, 4) is 0 Å². The maximum absolute atomic E-state index is 10.6. The van der Waals surface area contributed by atoms with Crippen molar-refractivity contribution in [3.63, 3.8) is 0 Å². The summed E-state index contributed by atoms with van der Waals surface area (Å²) >= 11 is 0. The average Bonchev–Trinajstić information content (AvgIpc) is 2.67. The number of allylic oxidation sites excluding steroid dienone is 2. The molecule has 164 valence electrons. The van der Waals surface area contributed by atoms with Crippen molar-refractivity contribution in [3.05, 3.63) is 11.6 Å². The molecule has 5 aliphatic carbocycles. The molecule has 0 aromatic heterocycles. The summed E-state index contributed by atoms with van der Waals surface area (Å²) in [4.78, 5) is 0. The minimum Gasteiger partial charge on any atom is -0.393 e. The van der Waals surface area contributed by atoms with E-state index in [1.165, 1.54) is 57.8 Å². The van der Waals surface area contributed by atoms with Gasteiger partial charge in [-0.15, -0.1) is 0 Å². The first-order valence-electron chi connectivity index (χ1n) is 12.9. The van der Waals surface area contributed by atoms with E-state index >= 15 is 0 Å². The third-order valence-corrected chi connectivity index (χ3v) is 12.3. The molecule has 4 fully saturated rings. The Hall–Kier alpha value is -0.300. The van der Waals surface area contributed by atoms with Gasteiger partial charge in [-0.05, 0) is 109 Å². The van der Waals surface area contributed by atoms with Crippen LogP contribution >= 0.6 is 0 Å². The molecule has 0 bridgehead atoms. The largest absolute Gasteiger partial charge is 0.393 e. The van der Waals surface area contributed by atoms with Crippen molar-refractivity contribution in [2.75, 3.05) is 0 Å². The Labute approximate surface area is 180 Å². The zero-order valence-corrected chi connectivity index (χ0v) is 20.1. The molecule has 0 amide bonds. The smallest absolute Gasteiger partial charge is 0.0568 e. The summed E-state index contributed by atoms with van der Waals surface area (Å²) in [5, 5.41) is 10.6.